The Balaban J connectivity index is 2.35. The maximum absolute atomic E-state index is 5.88. The van der Waals surface area contributed by atoms with Crippen molar-refractivity contribution in [2.24, 2.45) is 0 Å². The summed E-state index contributed by atoms with van der Waals surface area (Å²) in [6, 6.07) is 3.87. The van der Waals surface area contributed by atoms with Gasteiger partial charge in [-0.1, -0.05) is 6.92 Å². The Labute approximate surface area is 113 Å². The fraction of sp³-hybridized carbons (Fsp3) is 0.357. The smallest absolute Gasteiger partial charge is 0.227 e. The molecule has 0 saturated carbocycles. The molecule has 19 heavy (non-hydrogen) atoms. The Morgan fingerprint density at radius 2 is 2.00 bits per heavy atom. The summed E-state index contributed by atoms with van der Waals surface area (Å²) < 4.78 is 5.88. The molecule has 2 heterocycles. The predicted octanol–water partition coefficient (Wildman–Crippen LogP) is 2.88. The number of nitrogens with zero attached hydrogens (tertiary/aromatic N) is 3. The lowest BCUT2D eigenvalue weighted by Crippen LogP contribution is -2.02. The molecule has 2 aromatic rings. The van der Waals surface area contributed by atoms with Gasteiger partial charge >= 0.3 is 0 Å². The molecule has 0 fully saturated rings. The van der Waals surface area contributed by atoms with Gasteiger partial charge in [0.05, 0.1) is 5.69 Å². The minimum atomic E-state index is 0.540. The minimum Gasteiger partial charge on any atom is -0.437 e. The molecule has 0 amide bonds. The Bertz CT molecular complexity index is 584. The quantitative estimate of drug-likeness (QED) is 0.913. The number of hydrogen-bond acceptors (Lipinski definition) is 5. The van der Waals surface area contributed by atoms with Crippen molar-refractivity contribution in [1.82, 2.24) is 15.0 Å². The third kappa shape index (κ3) is 2.99. The molecule has 0 aromatic carbocycles. The van der Waals surface area contributed by atoms with E-state index in [1.54, 1.807) is 13.2 Å². The van der Waals surface area contributed by atoms with Crippen LogP contribution in [-0.4, -0.2) is 22.0 Å². The molecule has 2 rings (SSSR count). The lowest BCUT2D eigenvalue weighted by atomic mass is 10.2. The van der Waals surface area contributed by atoms with E-state index in [2.05, 4.69) is 27.2 Å². The van der Waals surface area contributed by atoms with Gasteiger partial charge in [-0.05, 0) is 32.4 Å². The van der Waals surface area contributed by atoms with Gasteiger partial charge in [0.15, 0.2) is 5.75 Å². The van der Waals surface area contributed by atoms with E-state index in [1.165, 1.54) is 0 Å². The van der Waals surface area contributed by atoms with E-state index in [1.807, 2.05) is 26.0 Å². The second-order valence-corrected chi connectivity index (χ2v) is 4.28. The van der Waals surface area contributed by atoms with Gasteiger partial charge in [-0.2, -0.15) is 4.98 Å². The van der Waals surface area contributed by atoms with Crippen molar-refractivity contribution in [2.45, 2.75) is 27.2 Å². The van der Waals surface area contributed by atoms with Crippen LogP contribution < -0.4 is 10.1 Å². The maximum Gasteiger partial charge on any atom is 0.227 e. The highest BCUT2D eigenvalue weighted by molar-refractivity contribution is 5.37. The van der Waals surface area contributed by atoms with Gasteiger partial charge in [0.2, 0.25) is 11.8 Å². The molecule has 0 saturated heterocycles. The molecule has 0 aliphatic rings. The first kappa shape index (κ1) is 13.3. The zero-order chi connectivity index (χ0) is 13.8. The van der Waals surface area contributed by atoms with Crippen LogP contribution in [0, 0.1) is 13.8 Å². The van der Waals surface area contributed by atoms with E-state index in [0.717, 1.165) is 29.1 Å². The topological polar surface area (TPSA) is 59.9 Å². The second-order valence-electron chi connectivity index (χ2n) is 4.28. The number of ether oxygens (including phenoxy) is 1. The van der Waals surface area contributed by atoms with E-state index >= 15 is 0 Å². The number of aryl methyl sites for hydroxylation is 3. The first-order chi connectivity index (χ1) is 9.13. The molecule has 0 unspecified atom stereocenters. The largest absolute Gasteiger partial charge is 0.437 e. The van der Waals surface area contributed by atoms with Crippen LogP contribution >= 0.6 is 0 Å². The number of nitrogens with one attached hydrogen (secondary N) is 1. The normalized spacial score (nSPS) is 10.3. The predicted molar refractivity (Wildman–Crippen MR) is 74.7 cm³/mol. The summed E-state index contributed by atoms with van der Waals surface area (Å²) >= 11 is 0. The first-order valence-electron chi connectivity index (χ1n) is 6.29. The van der Waals surface area contributed by atoms with Crippen molar-refractivity contribution in [3.8, 4) is 11.6 Å². The Morgan fingerprint density at radius 1 is 1.21 bits per heavy atom. The van der Waals surface area contributed by atoms with Gasteiger partial charge in [-0.15, -0.1) is 0 Å². The summed E-state index contributed by atoms with van der Waals surface area (Å²) in [5.41, 5.74) is 2.81. The standard InChI is InChI=1S/C14H18N4O/c1-5-11-12(7-6-10(3)17-11)19-13-9(2)8-16-14(15-4)18-13/h6-8H,5H2,1-4H3,(H,15,16,18). The highest BCUT2D eigenvalue weighted by Crippen LogP contribution is 2.26. The number of hydrogen-bond donors (Lipinski definition) is 1. The molecule has 100 valence electrons. The molecule has 0 atom stereocenters. The Morgan fingerprint density at radius 3 is 2.68 bits per heavy atom. The van der Waals surface area contributed by atoms with Crippen LogP contribution in [0.2, 0.25) is 0 Å². The average molecular weight is 258 g/mol. The Hall–Kier alpha value is -2.17. The van der Waals surface area contributed by atoms with Crippen molar-refractivity contribution in [3.05, 3.63) is 35.3 Å². The highest BCUT2D eigenvalue weighted by atomic mass is 16.5. The lowest BCUT2D eigenvalue weighted by molar-refractivity contribution is 0.449. The van der Waals surface area contributed by atoms with Crippen molar-refractivity contribution in [2.75, 3.05) is 12.4 Å². The van der Waals surface area contributed by atoms with E-state index in [9.17, 15) is 0 Å². The zero-order valence-electron chi connectivity index (χ0n) is 11.7. The maximum atomic E-state index is 5.88. The third-order valence-corrected chi connectivity index (χ3v) is 2.76. The number of pyridine rings is 1. The zero-order valence-corrected chi connectivity index (χ0v) is 11.7. The summed E-state index contributed by atoms with van der Waals surface area (Å²) in [4.78, 5) is 12.9. The van der Waals surface area contributed by atoms with E-state index in [0.29, 0.717) is 11.8 Å². The average Bonchev–Trinajstić information content (AvgIpc) is 2.43. The molecule has 1 N–H and O–H groups in total. The Kier molecular flexibility index (Phi) is 3.94. The van der Waals surface area contributed by atoms with E-state index in [4.69, 9.17) is 4.74 Å². The number of anilines is 1. The van der Waals surface area contributed by atoms with Crippen LogP contribution in [0.1, 0.15) is 23.9 Å². The van der Waals surface area contributed by atoms with Gasteiger partial charge in [0.25, 0.3) is 0 Å². The van der Waals surface area contributed by atoms with Gasteiger partial charge in [0, 0.05) is 24.5 Å². The summed E-state index contributed by atoms with van der Waals surface area (Å²) in [5.74, 6) is 1.84. The second kappa shape index (κ2) is 5.65. The van der Waals surface area contributed by atoms with Crippen LogP contribution in [0.3, 0.4) is 0 Å². The highest BCUT2D eigenvalue weighted by Gasteiger charge is 2.09. The monoisotopic (exact) mass is 258 g/mol. The summed E-state index contributed by atoms with van der Waals surface area (Å²) in [7, 11) is 1.78. The lowest BCUT2D eigenvalue weighted by Gasteiger charge is -2.11. The molecule has 5 nitrogen and oxygen atoms in total. The van der Waals surface area contributed by atoms with Gasteiger partial charge in [-0.3, -0.25) is 4.98 Å². The number of aromatic nitrogens is 3. The fourth-order valence-electron chi connectivity index (χ4n) is 1.70. The number of rotatable bonds is 4. The third-order valence-electron chi connectivity index (χ3n) is 2.76. The molecule has 5 heteroatoms. The van der Waals surface area contributed by atoms with Crippen LogP contribution in [0.5, 0.6) is 11.6 Å². The van der Waals surface area contributed by atoms with Gasteiger partial charge in [-0.25, -0.2) is 4.98 Å². The van der Waals surface area contributed by atoms with Crippen LogP contribution in [0.4, 0.5) is 5.95 Å². The SMILES string of the molecule is CCc1nc(C)ccc1Oc1nc(NC)ncc1C. The molecule has 0 radical (unpaired) electrons. The minimum absolute atomic E-state index is 0.540. The van der Waals surface area contributed by atoms with Crippen molar-refractivity contribution >= 4 is 5.95 Å². The van der Waals surface area contributed by atoms with E-state index in [-0.39, 0.29) is 0 Å². The molecule has 0 aliphatic heterocycles. The first-order valence-corrected chi connectivity index (χ1v) is 6.29. The summed E-state index contributed by atoms with van der Waals surface area (Å²) in [5, 5.41) is 2.90. The molecular formula is C14H18N4O. The van der Waals surface area contributed by atoms with Crippen LogP contribution in [-0.2, 0) is 6.42 Å². The van der Waals surface area contributed by atoms with Crippen LogP contribution in [0.15, 0.2) is 18.3 Å². The summed E-state index contributed by atoms with van der Waals surface area (Å²) in [6.45, 7) is 5.94. The molecule has 2 aromatic heterocycles. The van der Waals surface area contributed by atoms with E-state index < -0.39 is 0 Å². The van der Waals surface area contributed by atoms with Crippen molar-refractivity contribution in [1.29, 1.82) is 0 Å². The molecular weight excluding hydrogens is 240 g/mol. The summed E-state index contributed by atoms with van der Waals surface area (Å²) in [6.07, 6.45) is 2.56. The molecule has 0 spiro atoms. The molecule has 0 bridgehead atoms. The van der Waals surface area contributed by atoms with Crippen LogP contribution in [0.25, 0.3) is 0 Å². The van der Waals surface area contributed by atoms with Crippen molar-refractivity contribution < 1.29 is 4.74 Å². The van der Waals surface area contributed by atoms with Gasteiger partial charge < -0.3 is 10.1 Å². The molecule has 0 aliphatic carbocycles. The van der Waals surface area contributed by atoms with Gasteiger partial charge in [0.1, 0.15) is 0 Å². The fourth-order valence-corrected chi connectivity index (χ4v) is 1.70. The van der Waals surface area contributed by atoms with Crippen molar-refractivity contribution in [3.63, 3.8) is 0 Å².